The fraction of sp³-hybridized carbons (Fsp3) is 0.133. The lowest BCUT2D eigenvalue weighted by Crippen LogP contribution is -2.16. The topological polar surface area (TPSA) is 49.3 Å². The minimum atomic E-state index is -0.754. The first-order valence-electron chi connectivity index (χ1n) is 6.02. The van der Waals surface area contributed by atoms with Gasteiger partial charge in [-0.05, 0) is 17.7 Å². The van der Waals surface area contributed by atoms with Gasteiger partial charge in [0, 0.05) is 17.3 Å². The van der Waals surface area contributed by atoms with E-state index in [1.54, 1.807) is 24.3 Å². The number of aliphatic hydroxyl groups excluding tert-OH is 1. The number of benzene rings is 2. The summed E-state index contributed by atoms with van der Waals surface area (Å²) in [6.45, 7) is -0.207. The third-order valence-electron chi connectivity index (χ3n) is 2.83. The van der Waals surface area contributed by atoms with E-state index in [0.717, 1.165) is 12.1 Å². The molecule has 0 radical (unpaired) electrons. The van der Waals surface area contributed by atoms with Crippen molar-refractivity contribution in [2.75, 3.05) is 5.32 Å². The summed E-state index contributed by atoms with van der Waals surface area (Å²) in [5, 5.41) is 11.7. The van der Waals surface area contributed by atoms with Gasteiger partial charge >= 0.3 is 0 Å². The van der Waals surface area contributed by atoms with Crippen molar-refractivity contribution < 1.29 is 18.7 Å². The highest BCUT2D eigenvalue weighted by Gasteiger charge is 2.10. The summed E-state index contributed by atoms with van der Waals surface area (Å²) < 4.78 is 26.2. The maximum atomic E-state index is 13.4. The first-order chi connectivity index (χ1) is 9.60. The Morgan fingerprint density at radius 2 is 1.85 bits per heavy atom. The van der Waals surface area contributed by atoms with Crippen LogP contribution in [0.5, 0.6) is 0 Å². The Balaban J connectivity index is 2.09. The van der Waals surface area contributed by atoms with E-state index in [0.29, 0.717) is 11.3 Å². The lowest BCUT2D eigenvalue weighted by atomic mass is 10.1. The van der Waals surface area contributed by atoms with E-state index in [1.165, 1.54) is 6.07 Å². The van der Waals surface area contributed by atoms with E-state index >= 15 is 0 Å². The average Bonchev–Trinajstić information content (AvgIpc) is 2.42. The molecular weight excluding hydrogens is 264 g/mol. The van der Waals surface area contributed by atoms with Crippen molar-refractivity contribution in [2.45, 2.75) is 13.0 Å². The highest BCUT2D eigenvalue weighted by atomic mass is 19.1. The van der Waals surface area contributed by atoms with Crippen molar-refractivity contribution in [1.29, 1.82) is 0 Å². The zero-order chi connectivity index (χ0) is 14.5. The minimum Gasteiger partial charge on any atom is -0.392 e. The molecule has 0 spiro atoms. The Bertz CT molecular complexity index is 629. The predicted octanol–water partition coefficient (Wildman–Crippen LogP) is 2.64. The third kappa shape index (κ3) is 3.39. The molecule has 0 unspecified atom stereocenters. The van der Waals surface area contributed by atoms with Crippen LogP contribution < -0.4 is 5.32 Å². The average molecular weight is 277 g/mol. The second-order valence-corrected chi connectivity index (χ2v) is 4.28. The molecule has 0 saturated heterocycles. The Morgan fingerprint density at radius 1 is 1.10 bits per heavy atom. The molecule has 0 aliphatic carbocycles. The molecule has 0 atom stereocenters. The van der Waals surface area contributed by atoms with Gasteiger partial charge in [-0.1, -0.05) is 24.3 Å². The standard InChI is InChI=1S/C15H13F2NO2/c16-12-6-5-10(13(17)8-12)7-15(20)18-14-4-2-1-3-11(14)9-19/h1-6,8,19H,7,9H2,(H,18,20). The van der Waals surface area contributed by atoms with Crippen LogP contribution >= 0.6 is 0 Å². The second kappa shape index (κ2) is 6.25. The summed E-state index contributed by atoms with van der Waals surface area (Å²) in [6, 6.07) is 9.85. The van der Waals surface area contributed by atoms with Crippen LogP contribution in [0.15, 0.2) is 42.5 Å². The van der Waals surface area contributed by atoms with Gasteiger partial charge in [-0.2, -0.15) is 0 Å². The highest BCUT2D eigenvalue weighted by molar-refractivity contribution is 5.93. The number of rotatable bonds is 4. The highest BCUT2D eigenvalue weighted by Crippen LogP contribution is 2.16. The van der Waals surface area contributed by atoms with E-state index in [2.05, 4.69) is 5.32 Å². The number of carbonyl (C=O) groups is 1. The van der Waals surface area contributed by atoms with Crippen molar-refractivity contribution in [1.82, 2.24) is 0 Å². The van der Waals surface area contributed by atoms with Gasteiger partial charge in [0.25, 0.3) is 0 Å². The largest absolute Gasteiger partial charge is 0.392 e. The van der Waals surface area contributed by atoms with Crippen molar-refractivity contribution in [3.63, 3.8) is 0 Å². The Morgan fingerprint density at radius 3 is 2.55 bits per heavy atom. The van der Waals surface area contributed by atoms with E-state index in [1.807, 2.05) is 0 Å². The monoisotopic (exact) mass is 277 g/mol. The molecule has 3 nitrogen and oxygen atoms in total. The number of nitrogens with one attached hydrogen (secondary N) is 1. The van der Waals surface area contributed by atoms with Crippen molar-refractivity contribution in [3.8, 4) is 0 Å². The number of anilines is 1. The van der Waals surface area contributed by atoms with Crippen LogP contribution in [0, 0.1) is 11.6 Å². The van der Waals surface area contributed by atoms with Crippen LogP contribution in [0.2, 0.25) is 0 Å². The molecule has 0 heterocycles. The van der Waals surface area contributed by atoms with Gasteiger partial charge in [0.2, 0.25) is 5.91 Å². The molecule has 0 aromatic heterocycles. The summed E-state index contributed by atoms with van der Waals surface area (Å²) in [4.78, 5) is 11.8. The van der Waals surface area contributed by atoms with Crippen LogP contribution in [0.4, 0.5) is 14.5 Å². The molecule has 2 aromatic rings. The number of halogens is 2. The van der Waals surface area contributed by atoms with Crippen molar-refractivity contribution >= 4 is 11.6 Å². The van der Waals surface area contributed by atoms with E-state index in [9.17, 15) is 13.6 Å². The lowest BCUT2D eigenvalue weighted by Gasteiger charge is -2.09. The first-order valence-corrected chi connectivity index (χ1v) is 6.02. The van der Waals surface area contributed by atoms with Crippen molar-refractivity contribution in [3.05, 3.63) is 65.2 Å². The second-order valence-electron chi connectivity index (χ2n) is 4.28. The van der Waals surface area contributed by atoms with Crippen LogP contribution in [-0.4, -0.2) is 11.0 Å². The molecule has 104 valence electrons. The smallest absolute Gasteiger partial charge is 0.228 e. The number of hydrogen-bond donors (Lipinski definition) is 2. The maximum Gasteiger partial charge on any atom is 0.228 e. The van der Waals surface area contributed by atoms with E-state index in [4.69, 9.17) is 5.11 Å². The number of para-hydroxylation sites is 1. The molecule has 0 aliphatic rings. The quantitative estimate of drug-likeness (QED) is 0.902. The molecule has 2 rings (SSSR count). The Kier molecular flexibility index (Phi) is 4.42. The van der Waals surface area contributed by atoms with Crippen LogP contribution in [-0.2, 0) is 17.8 Å². The van der Waals surface area contributed by atoms with E-state index in [-0.39, 0.29) is 18.6 Å². The van der Waals surface area contributed by atoms with Crippen LogP contribution in [0.25, 0.3) is 0 Å². The molecule has 0 saturated carbocycles. The molecule has 0 fully saturated rings. The van der Waals surface area contributed by atoms with Gasteiger partial charge in [0.05, 0.1) is 13.0 Å². The summed E-state index contributed by atoms with van der Waals surface area (Å²) >= 11 is 0. The fourth-order valence-corrected chi connectivity index (χ4v) is 1.81. The third-order valence-corrected chi connectivity index (χ3v) is 2.83. The SMILES string of the molecule is O=C(Cc1ccc(F)cc1F)Nc1ccccc1CO. The van der Waals surface area contributed by atoms with Crippen molar-refractivity contribution in [2.24, 2.45) is 0 Å². The molecule has 0 aliphatic heterocycles. The summed E-state index contributed by atoms with van der Waals surface area (Å²) in [5.74, 6) is -1.87. The predicted molar refractivity (Wildman–Crippen MR) is 71.1 cm³/mol. The Hall–Kier alpha value is -2.27. The molecule has 0 bridgehead atoms. The van der Waals surface area contributed by atoms with Crippen LogP contribution in [0.1, 0.15) is 11.1 Å². The number of amides is 1. The molecule has 20 heavy (non-hydrogen) atoms. The molecule has 1 amide bonds. The number of aliphatic hydroxyl groups is 1. The Labute approximate surface area is 114 Å². The molecule has 2 N–H and O–H groups in total. The summed E-state index contributed by atoms with van der Waals surface area (Å²) in [6.07, 6.45) is -0.203. The van der Waals surface area contributed by atoms with Crippen LogP contribution in [0.3, 0.4) is 0 Å². The number of hydrogen-bond acceptors (Lipinski definition) is 2. The van der Waals surface area contributed by atoms with Gasteiger partial charge in [-0.25, -0.2) is 8.78 Å². The van der Waals surface area contributed by atoms with Gasteiger partial charge in [0.15, 0.2) is 0 Å². The maximum absolute atomic E-state index is 13.4. The summed E-state index contributed by atoms with van der Waals surface area (Å²) in [5.41, 5.74) is 1.16. The minimum absolute atomic E-state index is 0.116. The number of carbonyl (C=O) groups excluding carboxylic acids is 1. The van der Waals surface area contributed by atoms with Gasteiger partial charge in [-0.15, -0.1) is 0 Å². The first kappa shape index (κ1) is 14.1. The molecular formula is C15H13F2NO2. The fourth-order valence-electron chi connectivity index (χ4n) is 1.81. The van der Waals surface area contributed by atoms with E-state index < -0.39 is 17.5 Å². The van der Waals surface area contributed by atoms with Gasteiger partial charge in [-0.3, -0.25) is 4.79 Å². The zero-order valence-corrected chi connectivity index (χ0v) is 10.6. The normalized spacial score (nSPS) is 10.3. The van der Waals surface area contributed by atoms with Gasteiger partial charge < -0.3 is 10.4 Å². The van der Waals surface area contributed by atoms with Gasteiger partial charge in [0.1, 0.15) is 11.6 Å². The lowest BCUT2D eigenvalue weighted by molar-refractivity contribution is -0.115. The molecule has 2 aromatic carbocycles. The zero-order valence-electron chi connectivity index (χ0n) is 10.6. The summed E-state index contributed by atoms with van der Waals surface area (Å²) in [7, 11) is 0. The molecule has 5 heteroatoms.